The van der Waals surface area contributed by atoms with Gasteiger partial charge < -0.3 is 15.2 Å². The maximum atomic E-state index is 6.22. The van der Waals surface area contributed by atoms with Crippen molar-refractivity contribution in [3.05, 3.63) is 22.7 Å². The zero-order valence-electron chi connectivity index (χ0n) is 12.3. The van der Waals surface area contributed by atoms with Crippen LogP contribution < -0.4 is 15.2 Å². The highest BCUT2D eigenvalue weighted by molar-refractivity contribution is 6.30. The molecular formula is C16H24ClNO2. The lowest BCUT2D eigenvalue weighted by molar-refractivity contribution is 0.117. The van der Waals surface area contributed by atoms with Gasteiger partial charge in [-0.3, -0.25) is 0 Å². The number of ether oxygens (including phenoxy) is 2. The van der Waals surface area contributed by atoms with Crippen molar-refractivity contribution in [1.82, 2.24) is 0 Å². The van der Waals surface area contributed by atoms with E-state index in [1.54, 1.807) is 13.2 Å². The van der Waals surface area contributed by atoms with Gasteiger partial charge in [-0.05, 0) is 31.2 Å². The number of benzene rings is 1. The largest absolute Gasteiger partial charge is 0.493 e. The van der Waals surface area contributed by atoms with Crippen LogP contribution in [0.15, 0.2) is 12.1 Å². The summed E-state index contributed by atoms with van der Waals surface area (Å²) >= 11 is 6.08. The predicted octanol–water partition coefficient (Wildman–Crippen LogP) is 4.15. The highest BCUT2D eigenvalue weighted by Crippen LogP contribution is 2.38. The Bertz CT molecular complexity index is 425. The number of halogens is 1. The predicted molar refractivity (Wildman–Crippen MR) is 82.6 cm³/mol. The van der Waals surface area contributed by atoms with Crippen molar-refractivity contribution in [3.8, 4) is 11.5 Å². The third-order valence-electron chi connectivity index (χ3n) is 4.13. The number of hydrogen-bond donors (Lipinski definition) is 1. The molecule has 2 rings (SSSR count). The normalized spacial score (nSPS) is 22.6. The Hall–Kier alpha value is -0.930. The quantitative estimate of drug-likeness (QED) is 0.888. The SMILES string of the molecule is CCC1CCCC(Oc2c(CN)cc(Cl)cc2OC)C1. The molecule has 0 spiro atoms. The first-order valence-electron chi connectivity index (χ1n) is 7.41. The van der Waals surface area contributed by atoms with E-state index in [-0.39, 0.29) is 6.10 Å². The zero-order chi connectivity index (χ0) is 14.5. The van der Waals surface area contributed by atoms with Gasteiger partial charge in [0.15, 0.2) is 11.5 Å². The van der Waals surface area contributed by atoms with Crippen molar-refractivity contribution in [2.75, 3.05) is 7.11 Å². The molecule has 0 aromatic heterocycles. The number of nitrogens with two attached hydrogens (primary N) is 1. The first-order valence-corrected chi connectivity index (χ1v) is 7.78. The molecule has 0 amide bonds. The van der Waals surface area contributed by atoms with Gasteiger partial charge in [0, 0.05) is 23.2 Å². The summed E-state index contributed by atoms with van der Waals surface area (Å²) in [6, 6.07) is 3.65. The molecule has 2 atom stereocenters. The third kappa shape index (κ3) is 3.58. The molecule has 0 bridgehead atoms. The molecule has 0 heterocycles. The summed E-state index contributed by atoms with van der Waals surface area (Å²) in [5.41, 5.74) is 6.72. The van der Waals surface area contributed by atoms with Crippen molar-refractivity contribution in [3.63, 3.8) is 0 Å². The van der Waals surface area contributed by atoms with E-state index in [1.165, 1.54) is 19.3 Å². The number of hydrogen-bond acceptors (Lipinski definition) is 3. The molecule has 1 aromatic rings. The summed E-state index contributed by atoms with van der Waals surface area (Å²) in [5, 5.41) is 0.629. The number of rotatable bonds is 5. The number of methoxy groups -OCH3 is 1. The summed E-state index contributed by atoms with van der Waals surface area (Å²) in [4.78, 5) is 0. The molecule has 1 fully saturated rings. The second kappa shape index (κ2) is 7.19. The minimum Gasteiger partial charge on any atom is -0.493 e. The fourth-order valence-electron chi connectivity index (χ4n) is 2.95. The second-order valence-electron chi connectivity index (χ2n) is 5.48. The Labute approximate surface area is 126 Å². The molecule has 2 N–H and O–H groups in total. The Morgan fingerprint density at radius 2 is 2.15 bits per heavy atom. The fourth-order valence-corrected chi connectivity index (χ4v) is 3.18. The smallest absolute Gasteiger partial charge is 0.166 e. The molecule has 4 heteroatoms. The lowest BCUT2D eigenvalue weighted by Gasteiger charge is -2.30. The average Bonchev–Trinajstić information content (AvgIpc) is 2.48. The van der Waals surface area contributed by atoms with Crippen LogP contribution in [0.25, 0.3) is 0 Å². The minimum absolute atomic E-state index is 0.258. The van der Waals surface area contributed by atoms with Crippen LogP contribution in [0, 0.1) is 5.92 Å². The van der Waals surface area contributed by atoms with E-state index >= 15 is 0 Å². The van der Waals surface area contributed by atoms with E-state index < -0.39 is 0 Å². The first kappa shape index (κ1) is 15.5. The maximum Gasteiger partial charge on any atom is 0.166 e. The van der Waals surface area contributed by atoms with Crippen molar-refractivity contribution >= 4 is 11.6 Å². The van der Waals surface area contributed by atoms with Gasteiger partial charge in [-0.1, -0.05) is 31.4 Å². The molecule has 0 aliphatic heterocycles. The lowest BCUT2D eigenvalue weighted by atomic mass is 9.85. The zero-order valence-corrected chi connectivity index (χ0v) is 13.1. The molecule has 2 unspecified atom stereocenters. The van der Waals surface area contributed by atoms with Gasteiger partial charge in [0.2, 0.25) is 0 Å². The van der Waals surface area contributed by atoms with Crippen LogP contribution >= 0.6 is 11.6 Å². The van der Waals surface area contributed by atoms with Crippen molar-refractivity contribution in [2.24, 2.45) is 11.7 Å². The van der Waals surface area contributed by atoms with Gasteiger partial charge in [0.05, 0.1) is 13.2 Å². The van der Waals surface area contributed by atoms with E-state index in [1.807, 2.05) is 6.07 Å². The van der Waals surface area contributed by atoms with E-state index in [2.05, 4.69) is 6.92 Å². The van der Waals surface area contributed by atoms with E-state index in [9.17, 15) is 0 Å². The highest BCUT2D eigenvalue weighted by Gasteiger charge is 2.24. The van der Waals surface area contributed by atoms with Gasteiger partial charge in [0.1, 0.15) is 0 Å². The molecule has 1 aliphatic carbocycles. The summed E-state index contributed by atoms with van der Waals surface area (Å²) in [6.45, 7) is 2.65. The van der Waals surface area contributed by atoms with Gasteiger partial charge in [-0.2, -0.15) is 0 Å². The van der Waals surface area contributed by atoms with Crippen LogP contribution in [0.2, 0.25) is 5.02 Å². The van der Waals surface area contributed by atoms with Crippen molar-refractivity contribution in [2.45, 2.75) is 51.7 Å². The Morgan fingerprint density at radius 1 is 1.35 bits per heavy atom. The molecule has 3 nitrogen and oxygen atoms in total. The van der Waals surface area contributed by atoms with Gasteiger partial charge in [0.25, 0.3) is 0 Å². The van der Waals surface area contributed by atoms with Crippen LogP contribution in [-0.4, -0.2) is 13.2 Å². The molecular weight excluding hydrogens is 274 g/mol. The fraction of sp³-hybridized carbons (Fsp3) is 0.625. The first-order chi connectivity index (χ1) is 9.67. The van der Waals surface area contributed by atoms with Crippen molar-refractivity contribution in [1.29, 1.82) is 0 Å². The monoisotopic (exact) mass is 297 g/mol. The molecule has 1 aliphatic rings. The van der Waals surface area contributed by atoms with Crippen LogP contribution in [0.5, 0.6) is 11.5 Å². The molecule has 112 valence electrons. The Balaban J connectivity index is 2.19. The van der Waals surface area contributed by atoms with Crippen LogP contribution in [0.3, 0.4) is 0 Å². The Morgan fingerprint density at radius 3 is 2.80 bits per heavy atom. The molecule has 0 radical (unpaired) electrons. The third-order valence-corrected chi connectivity index (χ3v) is 4.35. The van der Waals surface area contributed by atoms with E-state index in [4.69, 9.17) is 26.8 Å². The molecule has 1 saturated carbocycles. The van der Waals surface area contributed by atoms with Gasteiger partial charge in [-0.25, -0.2) is 0 Å². The van der Waals surface area contributed by atoms with E-state index in [0.29, 0.717) is 17.3 Å². The van der Waals surface area contributed by atoms with Crippen LogP contribution in [0.1, 0.15) is 44.6 Å². The summed E-state index contributed by atoms with van der Waals surface area (Å²) < 4.78 is 11.6. The summed E-state index contributed by atoms with van der Waals surface area (Å²) in [5.74, 6) is 2.21. The van der Waals surface area contributed by atoms with Crippen LogP contribution in [0.4, 0.5) is 0 Å². The van der Waals surface area contributed by atoms with Crippen molar-refractivity contribution < 1.29 is 9.47 Å². The maximum absolute atomic E-state index is 6.22. The topological polar surface area (TPSA) is 44.5 Å². The molecule has 20 heavy (non-hydrogen) atoms. The minimum atomic E-state index is 0.258. The standard InChI is InChI=1S/C16H24ClNO2/c1-3-11-5-4-6-14(7-11)20-16-12(10-18)8-13(17)9-15(16)19-2/h8-9,11,14H,3-7,10,18H2,1-2H3. The van der Waals surface area contributed by atoms with Crippen LogP contribution in [-0.2, 0) is 6.54 Å². The highest BCUT2D eigenvalue weighted by atomic mass is 35.5. The summed E-state index contributed by atoms with van der Waals surface area (Å²) in [6.07, 6.45) is 6.25. The Kier molecular flexibility index (Phi) is 5.55. The van der Waals surface area contributed by atoms with Gasteiger partial charge in [-0.15, -0.1) is 0 Å². The summed E-state index contributed by atoms with van der Waals surface area (Å²) in [7, 11) is 1.63. The van der Waals surface area contributed by atoms with Gasteiger partial charge >= 0.3 is 0 Å². The lowest BCUT2D eigenvalue weighted by Crippen LogP contribution is -2.26. The average molecular weight is 298 g/mol. The van der Waals surface area contributed by atoms with E-state index in [0.717, 1.165) is 30.1 Å². The molecule has 1 aromatic carbocycles. The molecule has 0 saturated heterocycles. The second-order valence-corrected chi connectivity index (χ2v) is 5.92.